The van der Waals surface area contributed by atoms with E-state index in [1.54, 1.807) is 41.3 Å². The minimum atomic E-state index is -0.190. The number of benzene rings is 2. The number of nitrogen functional groups attached to an aromatic ring is 1. The van der Waals surface area contributed by atoms with Crippen LogP contribution in [0.15, 0.2) is 48.5 Å². The Morgan fingerprint density at radius 3 is 2.57 bits per heavy atom. The molecule has 0 fully saturated rings. The fourth-order valence-electron chi connectivity index (χ4n) is 1.99. The zero-order valence-electron chi connectivity index (χ0n) is 11.8. The number of hydrogen-bond acceptors (Lipinski definition) is 2. The maximum absolute atomic E-state index is 12.4. The molecule has 0 saturated heterocycles. The van der Waals surface area contributed by atoms with E-state index in [1.807, 2.05) is 19.1 Å². The maximum atomic E-state index is 12.4. The number of rotatable bonds is 4. The second-order valence-electron chi connectivity index (χ2n) is 4.68. The molecule has 0 aliphatic carbocycles. The molecule has 21 heavy (non-hydrogen) atoms. The zero-order valence-corrected chi connectivity index (χ0v) is 12.6. The van der Waals surface area contributed by atoms with Crippen molar-refractivity contribution in [1.82, 2.24) is 0 Å². The van der Waals surface area contributed by atoms with Gasteiger partial charge in [-0.1, -0.05) is 24.6 Å². The average molecular weight is 304 g/mol. The highest BCUT2D eigenvalue weighted by Gasteiger charge is 2.15. The fourth-order valence-corrected chi connectivity index (χ4v) is 2.11. The van der Waals surface area contributed by atoms with Gasteiger partial charge in [0.2, 0.25) is 0 Å². The predicted octanol–water partition coefficient (Wildman–Crippen LogP) is 4.37. The first-order valence-electron chi connectivity index (χ1n) is 6.80. The van der Waals surface area contributed by atoms with Gasteiger partial charge >= 0.3 is 6.03 Å². The first-order chi connectivity index (χ1) is 10.1. The van der Waals surface area contributed by atoms with Crippen molar-refractivity contribution in [3.05, 3.63) is 53.6 Å². The zero-order chi connectivity index (χ0) is 15.2. The Bertz CT molecular complexity index is 613. The number of nitrogens with two attached hydrogens (primary N) is 1. The smallest absolute Gasteiger partial charge is 0.326 e. The Kier molecular flexibility index (Phi) is 5.06. The largest absolute Gasteiger partial charge is 0.399 e. The summed E-state index contributed by atoms with van der Waals surface area (Å²) in [4.78, 5) is 14.1. The van der Waals surface area contributed by atoms with E-state index in [9.17, 15) is 4.79 Å². The van der Waals surface area contributed by atoms with Crippen molar-refractivity contribution in [2.24, 2.45) is 0 Å². The minimum absolute atomic E-state index is 0.190. The van der Waals surface area contributed by atoms with Crippen LogP contribution in [0.3, 0.4) is 0 Å². The molecule has 2 amide bonds. The van der Waals surface area contributed by atoms with Crippen molar-refractivity contribution in [2.45, 2.75) is 13.3 Å². The van der Waals surface area contributed by atoms with E-state index in [4.69, 9.17) is 17.3 Å². The van der Waals surface area contributed by atoms with Crippen molar-refractivity contribution in [2.75, 3.05) is 22.5 Å². The molecule has 0 aliphatic rings. The van der Waals surface area contributed by atoms with E-state index in [0.29, 0.717) is 22.9 Å². The number of nitrogens with zero attached hydrogens (tertiary/aromatic N) is 1. The molecule has 2 aromatic carbocycles. The molecule has 0 heterocycles. The third-order valence-electron chi connectivity index (χ3n) is 2.97. The van der Waals surface area contributed by atoms with Gasteiger partial charge < -0.3 is 11.1 Å². The van der Waals surface area contributed by atoms with Crippen LogP contribution in [-0.2, 0) is 0 Å². The molecule has 0 aliphatic heterocycles. The summed E-state index contributed by atoms with van der Waals surface area (Å²) in [5.74, 6) is 0. The molecular weight excluding hydrogens is 286 g/mol. The van der Waals surface area contributed by atoms with E-state index in [1.165, 1.54) is 0 Å². The highest BCUT2D eigenvalue weighted by atomic mass is 35.5. The molecule has 0 radical (unpaired) electrons. The van der Waals surface area contributed by atoms with Crippen LogP contribution in [0.2, 0.25) is 5.02 Å². The molecule has 0 atom stereocenters. The molecule has 0 bridgehead atoms. The summed E-state index contributed by atoms with van der Waals surface area (Å²) in [6.07, 6.45) is 0.850. The number of carbonyl (C=O) groups is 1. The monoisotopic (exact) mass is 303 g/mol. The molecule has 5 heteroatoms. The van der Waals surface area contributed by atoms with E-state index < -0.39 is 0 Å². The summed E-state index contributed by atoms with van der Waals surface area (Å²) < 4.78 is 0. The van der Waals surface area contributed by atoms with Crippen molar-refractivity contribution < 1.29 is 4.79 Å². The van der Waals surface area contributed by atoms with Gasteiger partial charge in [0.25, 0.3) is 0 Å². The van der Waals surface area contributed by atoms with Crippen LogP contribution in [0.4, 0.5) is 21.9 Å². The van der Waals surface area contributed by atoms with Gasteiger partial charge in [-0.15, -0.1) is 0 Å². The maximum Gasteiger partial charge on any atom is 0.326 e. The van der Waals surface area contributed by atoms with Crippen LogP contribution in [-0.4, -0.2) is 12.6 Å². The number of halogens is 1. The Morgan fingerprint density at radius 1 is 1.24 bits per heavy atom. The van der Waals surface area contributed by atoms with E-state index in [2.05, 4.69) is 5.32 Å². The predicted molar refractivity (Wildman–Crippen MR) is 89.0 cm³/mol. The first-order valence-corrected chi connectivity index (χ1v) is 7.17. The summed E-state index contributed by atoms with van der Waals surface area (Å²) >= 11 is 5.84. The molecule has 0 spiro atoms. The van der Waals surface area contributed by atoms with Gasteiger partial charge in [0.1, 0.15) is 0 Å². The van der Waals surface area contributed by atoms with Crippen LogP contribution < -0.4 is 16.0 Å². The standard InChI is InChI=1S/C16H18ClN3O/c1-2-10-20(15-5-3-4-13(18)11-15)16(21)19-14-8-6-12(17)7-9-14/h3-9,11H,2,10,18H2,1H3,(H,19,21). The Labute approximate surface area is 129 Å². The van der Waals surface area contributed by atoms with Gasteiger partial charge in [0.05, 0.1) is 0 Å². The lowest BCUT2D eigenvalue weighted by Gasteiger charge is -2.23. The molecular formula is C16H18ClN3O. The van der Waals surface area contributed by atoms with Crippen LogP contribution in [0.25, 0.3) is 0 Å². The van der Waals surface area contributed by atoms with Gasteiger partial charge in [-0.3, -0.25) is 4.90 Å². The third kappa shape index (κ3) is 4.13. The van der Waals surface area contributed by atoms with Gasteiger partial charge in [-0.2, -0.15) is 0 Å². The lowest BCUT2D eigenvalue weighted by molar-refractivity contribution is 0.257. The van der Waals surface area contributed by atoms with Crippen LogP contribution in [0, 0.1) is 0 Å². The topological polar surface area (TPSA) is 58.4 Å². The number of hydrogen-bond donors (Lipinski definition) is 2. The van der Waals surface area contributed by atoms with E-state index in [0.717, 1.165) is 12.1 Å². The van der Waals surface area contributed by atoms with Gasteiger partial charge in [0.15, 0.2) is 0 Å². The second-order valence-corrected chi connectivity index (χ2v) is 5.12. The SMILES string of the molecule is CCCN(C(=O)Nc1ccc(Cl)cc1)c1cccc(N)c1. The Morgan fingerprint density at radius 2 is 1.95 bits per heavy atom. The average Bonchev–Trinajstić information content (AvgIpc) is 2.47. The molecule has 2 rings (SSSR count). The number of carbonyl (C=O) groups excluding carboxylic acids is 1. The summed E-state index contributed by atoms with van der Waals surface area (Å²) in [6.45, 7) is 2.64. The number of urea groups is 1. The summed E-state index contributed by atoms with van der Waals surface area (Å²) in [5.41, 5.74) is 7.91. The Balaban J connectivity index is 2.17. The van der Waals surface area contributed by atoms with Crippen molar-refractivity contribution in [3.63, 3.8) is 0 Å². The van der Waals surface area contributed by atoms with Crippen LogP contribution in [0.1, 0.15) is 13.3 Å². The highest BCUT2D eigenvalue weighted by molar-refractivity contribution is 6.30. The molecule has 0 unspecified atom stereocenters. The normalized spacial score (nSPS) is 10.2. The molecule has 2 aromatic rings. The number of nitrogens with one attached hydrogen (secondary N) is 1. The highest BCUT2D eigenvalue weighted by Crippen LogP contribution is 2.20. The third-order valence-corrected chi connectivity index (χ3v) is 3.22. The van der Waals surface area contributed by atoms with Gasteiger partial charge in [0, 0.05) is 28.6 Å². The fraction of sp³-hybridized carbons (Fsp3) is 0.188. The van der Waals surface area contributed by atoms with E-state index in [-0.39, 0.29) is 6.03 Å². The second kappa shape index (κ2) is 6.99. The minimum Gasteiger partial charge on any atom is -0.399 e. The lowest BCUT2D eigenvalue weighted by atomic mass is 10.2. The van der Waals surface area contributed by atoms with Crippen LogP contribution >= 0.6 is 11.6 Å². The van der Waals surface area contributed by atoms with E-state index >= 15 is 0 Å². The van der Waals surface area contributed by atoms with Crippen molar-refractivity contribution in [3.8, 4) is 0 Å². The molecule has 110 valence electrons. The lowest BCUT2D eigenvalue weighted by Crippen LogP contribution is -2.35. The molecule has 3 N–H and O–H groups in total. The molecule has 4 nitrogen and oxygen atoms in total. The summed E-state index contributed by atoms with van der Waals surface area (Å²) in [6, 6.07) is 14.1. The van der Waals surface area contributed by atoms with Gasteiger partial charge in [-0.25, -0.2) is 4.79 Å². The quantitative estimate of drug-likeness (QED) is 0.824. The van der Waals surface area contributed by atoms with Crippen LogP contribution in [0.5, 0.6) is 0 Å². The molecule has 0 saturated carbocycles. The van der Waals surface area contributed by atoms with Gasteiger partial charge in [-0.05, 0) is 48.9 Å². The summed E-state index contributed by atoms with van der Waals surface area (Å²) in [5, 5.41) is 3.49. The van der Waals surface area contributed by atoms with Crippen molar-refractivity contribution in [1.29, 1.82) is 0 Å². The number of anilines is 3. The van der Waals surface area contributed by atoms with Crippen molar-refractivity contribution >= 4 is 34.7 Å². The molecule has 0 aromatic heterocycles. The summed E-state index contributed by atoms with van der Waals surface area (Å²) in [7, 11) is 0. The Hall–Kier alpha value is -2.20. The number of amides is 2. The first kappa shape index (κ1) is 15.2.